The Bertz CT molecular complexity index is 205. The molecule has 1 rings (SSSR count). The second-order valence-corrected chi connectivity index (χ2v) is 5.75. The SMILES string of the molecule is CCNC1CC(OCCC(C)C)C1(C)CC. The van der Waals surface area contributed by atoms with Crippen LogP contribution in [0.25, 0.3) is 0 Å². The molecule has 1 aliphatic rings. The van der Waals surface area contributed by atoms with Gasteiger partial charge in [-0.2, -0.15) is 0 Å². The van der Waals surface area contributed by atoms with Crippen LogP contribution < -0.4 is 5.32 Å². The van der Waals surface area contributed by atoms with Crippen molar-refractivity contribution in [2.24, 2.45) is 11.3 Å². The van der Waals surface area contributed by atoms with E-state index in [-0.39, 0.29) is 0 Å². The first kappa shape index (κ1) is 14.0. The van der Waals surface area contributed by atoms with Gasteiger partial charge in [0.15, 0.2) is 0 Å². The molecule has 1 aliphatic carbocycles. The Hall–Kier alpha value is -0.0800. The molecular weight excluding hydrogens is 198 g/mol. The summed E-state index contributed by atoms with van der Waals surface area (Å²) in [5.74, 6) is 0.748. The van der Waals surface area contributed by atoms with Crippen LogP contribution in [0.4, 0.5) is 0 Å². The van der Waals surface area contributed by atoms with E-state index in [4.69, 9.17) is 4.74 Å². The summed E-state index contributed by atoms with van der Waals surface area (Å²) in [7, 11) is 0. The molecule has 2 nitrogen and oxygen atoms in total. The number of hydrogen-bond donors (Lipinski definition) is 1. The monoisotopic (exact) mass is 227 g/mol. The molecule has 0 radical (unpaired) electrons. The van der Waals surface area contributed by atoms with Gasteiger partial charge >= 0.3 is 0 Å². The van der Waals surface area contributed by atoms with Crippen LogP contribution in [-0.4, -0.2) is 25.3 Å². The summed E-state index contributed by atoms with van der Waals surface area (Å²) in [6.07, 6.45) is 4.05. The molecule has 2 heteroatoms. The maximum atomic E-state index is 6.03. The third-order valence-electron chi connectivity index (χ3n) is 4.21. The van der Waals surface area contributed by atoms with Gasteiger partial charge in [0.25, 0.3) is 0 Å². The van der Waals surface area contributed by atoms with Gasteiger partial charge in [-0.25, -0.2) is 0 Å². The molecule has 1 fully saturated rings. The van der Waals surface area contributed by atoms with E-state index < -0.39 is 0 Å². The van der Waals surface area contributed by atoms with E-state index in [1.807, 2.05) is 0 Å². The molecule has 0 aromatic heterocycles. The normalized spacial score (nSPS) is 34.1. The maximum Gasteiger partial charge on any atom is 0.0658 e. The van der Waals surface area contributed by atoms with Gasteiger partial charge in [0.2, 0.25) is 0 Å². The number of nitrogens with one attached hydrogen (secondary N) is 1. The van der Waals surface area contributed by atoms with Crippen LogP contribution in [0.15, 0.2) is 0 Å². The predicted octanol–water partition coefficient (Wildman–Crippen LogP) is 3.22. The van der Waals surface area contributed by atoms with E-state index in [1.165, 1.54) is 19.3 Å². The topological polar surface area (TPSA) is 21.3 Å². The highest BCUT2D eigenvalue weighted by molar-refractivity contribution is 5.04. The van der Waals surface area contributed by atoms with Crippen molar-refractivity contribution in [3.05, 3.63) is 0 Å². The molecule has 0 spiro atoms. The predicted molar refractivity (Wildman–Crippen MR) is 69.7 cm³/mol. The lowest BCUT2D eigenvalue weighted by Crippen LogP contribution is -2.62. The van der Waals surface area contributed by atoms with E-state index >= 15 is 0 Å². The Morgan fingerprint density at radius 3 is 2.56 bits per heavy atom. The van der Waals surface area contributed by atoms with Gasteiger partial charge in [0.05, 0.1) is 6.10 Å². The van der Waals surface area contributed by atoms with E-state index in [9.17, 15) is 0 Å². The molecule has 0 amide bonds. The van der Waals surface area contributed by atoms with E-state index in [1.54, 1.807) is 0 Å². The fourth-order valence-corrected chi connectivity index (χ4v) is 2.56. The highest BCUT2D eigenvalue weighted by atomic mass is 16.5. The zero-order valence-corrected chi connectivity index (χ0v) is 11.7. The lowest BCUT2D eigenvalue weighted by molar-refractivity contribution is -0.130. The molecule has 0 bridgehead atoms. The van der Waals surface area contributed by atoms with Crippen LogP contribution in [-0.2, 0) is 4.74 Å². The van der Waals surface area contributed by atoms with Gasteiger partial charge in [0, 0.05) is 18.1 Å². The highest BCUT2D eigenvalue weighted by Gasteiger charge is 2.50. The van der Waals surface area contributed by atoms with Crippen molar-refractivity contribution >= 4 is 0 Å². The van der Waals surface area contributed by atoms with Crippen molar-refractivity contribution in [1.82, 2.24) is 5.32 Å². The Balaban J connectivity index is 2.34. The largest absolute Gasteiger partial charge is 0.378 e. The maximum absolute atomic E-state index is 6.03. The van der Waals surface area contributed by atoms with Gasteiger partial charge in [-0.05, 0) is 31.7 Å². The first-order valence-electron chi connectivity index (χ1n) is 6.89. The second-order valence-electron chi connectivity index (χ2n) is 5.75. The average Bonchev–Trinajstić information content (AvgIpc) is 2.25. The third-order valence-corrected chi connectivity index (χ3v) is 4.21. The number of hydrogen-bond acceptors (Lipinski definition) is 2. The summed E-state index contributed by atoms with van der Waals surface area (Å²) in [5, 5.41) is 3.57. The van der Waals surface area contributed by atoms with Crippen LogP contribution in [0, 0.1) is 11.3 Å². The van der Waals surface area contributed by atoms with E-state index in [0.717, 1.165) is 19.1 Å². The third kappa shape index (κ3) is 2.98. The Morgan fingerprint density at radius 2 is 2.06 bits per heavy atom. The molecule has 1 saturated carbocycles. The Labute approximate surface area is 101 Å². The van der Waals surface area contributed by atoms with Crippen molar-refractivity contribution in [2.75, 3.05) is 13.2 Å². The van der Waals surface area contributed by atoms with Crippen LogP contribution in [0.3, 0.4) is 0 Å². The Morgan fingerprint density at radius 1 is 1.38 bits per heavy atom. The molecule has 0 aromatic carbocycles. The van der Waals surface area contributed by atoms with Gasteiger partial charge in [-0.3, -0.25) is 0 Å². The first-order valence-corrected chi connectivity index (χ1v) is 6.89. The van der Waals surface area contributed by atoms with E-state index in [0.29, 0.717) is 17.6 Å². The minimum Gasteiger partial charge on any atom is -0.378 e. The van der Waals surface area contributed by atoms with Crippen LogP contribution in [0.1, 0.15) is 53.9 Å². The van der Waals surface area contributed by atoms with Gasteiger partial charge in [-0.15, -0.1) is 0 Å². The Kier molecular flexibility index (Phi) is 5.26. The molecule has 0 heterocycles. The van der Waals surface area contributed by atoms with Crippen molar-refractivity contribution in [1.29, 1.82) is 0 Å². The molecule has 16 heavy (non-hydrogen) atoms. The quantitative estimate of drug-likeness (QED) is 0.721. The number of ether oxygens (including phenoxy) is 1. The minimum atomic E-state index is 0.354. The molecule has 1 N–H and O–H groups in total. The molecule has 96 valence electrons. The lowest BCUT2D eigenvalue weighted by Gasteiger charge is -2.54. The summed E-state index contributed by atoms with van der Waals surface area (Å²) >= 11 is 0. The molecular formula is C14H29NO. The van der Waals surface area contributed by atoms with Crippen molar-refractivity contribution in [3.8, 4) is 0 Å². The summed E-state index contributed by atoms with van der Waals surface area (Å²) in [6, 6.07) is 0.659. The van der Waals surface area contributed by atoms with Crippen molar-refractivity contribution in [2.45, 2.75) is 66.0 Å². The lowest BCUT2D eigenvalue weighted by atomic mass is 9.61. The smallest absolute Gasteiger partial charge is 0.0658 e. The van der Waals surface area contributed by atoms with Crippen LogP contribution in [0.5, 0.6) is 0 Å². The fourth-order valence-electron chi connectivity index (χ4n) is 2.56. The average molecular weight is 227 g/mol. The molecule has 0 saturated heterocycles. The molecule has 0 aliphatic heterocycles. The van der Waals surface area contributed by atoms with Crippen molar-refractivity contribution < 1.29 is 4.74 Å². The standard InChI is InChI=1S/C14H29NO/c1-6-14(5)12(15-7-2)10-13(14)16-9-8-11(3)4/h11-13,15H,6-10H2,1-5H3. The fraction of sp³-hybridized carbons (Fsp3) is 1.00. The van der Waals surface area contributed by atoms with Crippen LogP contribution in [0.2, 0.25) is 0 Å². The molecule has 3 unspecified atom stereocenters. The summed E-state index contributed by atoms with van der Waals surface area (Å²) in [5.41, 5.74) is 0.354. The number of rotatable bonds is 7. The highest BCUT2D eigenvalue weighted by Crippen LogP contribution is 2.45. The minimum absolute atomic E-state index is 0.354. The second kappa shape index (κ2) is 6.02. The van der Waals surface area contributed by atoms with Crippen LogP contribution >= 0.6 is 0 Å². The van der Waals surface area contributed by atoms with Gasteiger partial charge in [0.1, 0.15) is 0 Å². The summed E-state index contributed by atoms with van der Waals surface area (Å²) in [6.45, 7) is 13.3. The zero-order chi connectivity index (χ0) is 12.2. The van der Waals surface area contributed by atoms with E-state index in [2.05, 4.69) is 39.9 Å². The molecule has 0 aromatic rings. The zero-order valence-electron chi connectivity index (χ0n) is 11.7. The van der Waals surface area contributed by atoms with Crippen molar-refractivity contribution in [3.63, 3.8) is 0 Å². The summed E-state index contributed by atoms with van der Waals surface area (Å²) < 4.78 is 6.03. The summed E-state index contributed by atoms with van der Waals surface area (Å²) in [4.78, 5) is 0. The first-order chi connectivity index (χ1) is 7.54. The van der Waals surface area contributed by atoms with Gasteiger partial charge < -0.3 is 10.1 Å². The molecule has 3 atom stereocenters. The van der Waals surface area contributed by atoms with Gasteiger partial charge in [-0.1, -0.05) is 34.6 Å².